The van der Waals surface area contributed by atoms with E-state index in [0.29, 0.717) is 13.0 Å². The summed E-state index contributed by atoms with van der Waals surface area (Å²) in [4.78, 5) is 24.5. The number of hydrogen-bond acceptors (Lipinski definition) is 6. The van der Waals surface area contributed by atoms with Crippen LogP contribution < -0.4 is 5.32 Å². The maximum atomic E-state index is 11.7. The van der Waals surface area contributed by atoms with E-state index in [2.05, 4.69) is 15.9 Å². The number of amides is 3. The van der Waals surface area contributed by atoms with E-state index in [1.807, 2.05) is 0 Å². The fraction of sp³-hybridized carbons (Fsp3) is 0.545. The number of urea groups is 1. The molecule has 2 rings (SSSR count). The summed E-state index contributed by atoms with van der Waals surface area (Å²) in [6.45, 7) is 1.84. The summed E-state index contributed by atoms with van der Waals surface area (Å²) in [5.41, 5.74) is 0. The fourth-order valence-corrected chi connectivity index (χ4v) is 1.97. The molecule has 9 heteroatoms. The molecular weight excluding hydrogens is 287 g/mol. The Bertz CT molecular complexity index is 542. The molecule has 3 amide bonds. The van der Waals surface area contributed by atoms with Crippen molar-refractivity contribution in [3.8, 4) is 5.81 Å². The topological polar surface area (TPSA) is 94.2 Å². The van der Waals surface area contributed by atoms with Crippen molar-refractivity contribution in [2.24, 2.45) is 5.92 Å². The molecule has 1 N–H and O–H groups in total. The molecule has 0 aliphatic carbocycles. The van der Waals surface area contributed by atoms with E-state index in [4.69, 9.17) is 9.47 Å². The molecule has 8 nitrogen and oxygen atoms in total. The van der Waals surface area contributed by atoms with Crippen LogP contribution in [-0.4, -0.2) is 36.4 Å². The molecule has 0 aromatic carbocycles. The van der Waals surface area contributed by atoms with Crippen LogP contribution in [-0.2, 0) is 23.6 Å². The summed E-state index contributed by atoms with van der Waals surface area (Å²) in [7, 11) is -0.368. The van der Waals surface area contributed by atoms with Crippen molar-refractivity contribution >= 4 is 19.9 Å². The molecule has 2 aliphatic heterocycles. The minimum atomic E-state index is -0.508. The van der Waals surface area contributed by atoms with E-state index in [1.165, 1.54) is 4.90 Å². The fourth-order valence-electron chi connectivity index (χ4n) is 1.86. The van der Waals surface area contributed by atoms with Crippen LogP contribution >= 0.6 is 7.92 Å². The van der Waals surface area contributed by atoms with E-state index < -0.39 is 12.3 Å². The zero-order valence-electron chi connectivity index (χ0n) is 10.7. The Hall–Kier alpha value is -1.75. The van der Waals surface area contributed by atoms with Gasteiger partial charge in [-0.2, -0.15) is 0 Å². The van der Waals surface area contributed by atoms with Crippen molar-refractivity contribution in [2.45, 2.75) is 19.6 Å². The van der Waals surface area contributed by atoms with Gasteiger partial charge in [-0.3, -0.25) is 0 Å². The van der Waals surface area contributed by atoms with Gasteiger partial charge in [-0.05, 0) is 0 Å². The van der Waals surface area contributed by atoms with Gasteiger partial charge in [-0.1, -0.05) is 0 Å². The Kier molecular flexibility index (Phi) is 4.84. The van der Waals surface area contributed by atoms with Gasteiger partial charge in [0.1, 0.15) is 0 Å². The maximum absolute atomic E-state index is 11.7. The van der Waals surface area contributed by atoms with Gasteiger partial charge in [0.15, 0.2) is 0 Å². The first-order valence-corrected chi connectivity index (χ1v) is 6.73. The molecular formula is C11H13N2O6P. The van der Waals surface area contributed by atoms with Crippen LogP contribution in [0.2, 0.25) is 0 Å². The van der Waals surface area contributed by atoms with Gasteiger partial charge in [0.2, 0.25) is 0 Å². The SMILES string of the molecule is CC1CN(C2CC=C(OCOC#P=O)O2)C(=O)NC1=O. The van der Waals surface area contributed by atoms with Gasteiger partial charge >= 0.3 is 115 Å². The molecule has 2 aliphatic rings. The van der Waals surface area contributed by atoms with Gasteiger partial charge in [0.05, 0.1) is 0 Å². The molecule has 1 saturated heterocycles. The first kappa shape index (κ1) is 14.7. The number of imide groups is 1. The molecule has 108 valence electrons. The average Bonchev–Trinajstić information content (AvgIpc) is 2.87. The Balaban J connectivity index is 1.84. The van der Waals surface area contributed by atoms with Crippen LogP contribution in [0.3, 0.4) is 0 Å². The molecule has 0 bridgehead atoms. The second kappa shape index (κ2) is 6.61. The minimum absolute atomic E-state index is 0.186. The van der Waals surface area contributed by atoms with Crippen LogP contribution in [0.15, 0.2) is 12.0 Å². The molecule has 0 aromatic heterocycles. The number of carbonyl (C=O) groups is 2. The van der Waals surface area contributed by atoms with Gasteiger partial charge in [-0.25, -0.2) is 0 Å². The van der Waals surface area contributed by atoms with Crippen LogP contribution in [0, 0.1) is 11.7 Å². The van der Waals surface area contributed by atoms with E-state index in [-0.39, 0.29) is 32.5 Å². The monoisotopic (exact) mass is 300 g/mol. The second-order valence-corrected chi connectivity index (χ2v) is 4.63. The molecule has 0 spiro atoms. The van der Waals surface area contributed by atoms with Crippen molar-refractivity contribution in [2.75, 3.05) is 13.3 Å². The van der Waals surface area contributed by atoms with E-state index in [0.717, 1.165) is 0 Å². The number of nitrogens with zero attached hydrogens (tertiary/aromatic N) is 1. The van der Waals surface area contributed by atoms with E-state index >= 15 is 0 Å². The summed E-state index contributed by atoms with van der Waals surface area (Å²) in [6.07, 6.45) is 1.61. The summed E-state index contributed by atoms with van der Waals surface area (Å²) in [5.74, 6) is 1.71. The first-order chi connectivity index (χ1) is 9.61. The van der Waals surface area contributed by atoms with Crippen LogP contribution in [0.5, 0.6) is 0 Å². The van der Waals surface area contributed by atoms with Crippen molar-refractivity contribution < 1.29 is 28.4 Å². The number of ether oxygens (including phenoxy) is 3. The molecule has 1 fully saturated rings. The average molecular weight is 300 g/mol. The Morgan fingerprint density at radius 3 is 3.15 bits per heavy atom. The Morgan fingerprint density at radius 1 is 1.60 bits per heavy atom. The van der Waals surface area contributed by atoms with Crippen molar-refractivity contribution in [1.29, 1.82) is 0 Å². The zero-order valence-corrected chi connectivity index (χ0v) is 11.6. The van der Waals surface area contributed by atoms with Crippen LogP contribution in [0.1, 0.15) is 13.3 Å². The standard InChI is InChI=1S/C11H13N2O6P/c1-7-4-13(11(15)12-10(7)14)8-2-3-9(19-8)18-5-17-6-20-16/h3,7-8H,2,4-5H2,1H3,(H,12,14,15). The molecule has 20 heavy (non-hydrogen) atoms. The normalized spacial score (nSPS) is 25.4. The molecule has 0 radical (unpaired) electrons. The van der Waals surface area contributed by atoms with Gasteiger partial charge in [0, 0.05) is 0 Å². The number of hydrogen-bond donors (Lipinski definition) is 1. The summed E-state index contributed by atoms with van der Waals surface area (Å²) >= 11 is 0. The predicted octanol–water partition coefficient (Wildman–Crippen LogP) is 0.961. The predicted molar refractivity (Wildman–Crippen MR) is 65.5 cm³/mol. The first-order valence-electron chi connectivity index (χ1n) is 5.92. The Labute approximate surface area is 116 Å². The van der Waals surface area contributed by atoms with E-state index in [9.17, 15) is 14.2 Å². The van der Waals surface area contributed by atoms with Gasteiger partial charge in [-0.15, -0.1) is 0 Å². The molecule has 2 atom stereocenters. The van der Waals surface area contributed by atoms with Gasteiger partial charge in [0.25, 0.3) is 0 Å². The van der Waals surface area contributed by atoms with Crippen LogP contribution in [0.4, 0.5) is 4.79 Å². The summed E-state index contributed by atoms with van der Waals surface area (Å²) in [5, 5.41) is 2.26. The summed E-state index contributed by atoms with van der Waals surface area (Å²) in [6, 6.07) is -0.476. The quantitative estimate of drug-likeness (QED) is 0.472. The van der Waals surface area contributed by atoms with Crippen molar-refractivity contribution in [3.05, 3.63) is 12.0 Å². The number of nitrogens with one attached hydrogen (secondary N) is 1. The number of rotatable bonds is 4. The molecule has 0 aromatic rings. The van der Waals surface area contributed by atoms with Crippen LogP contribution in [0.25, 0.3) is 0 Å². The third-order valence-electron chi connectivity index (χ3n) is 2.86. The van der Waals surface area contributed by atoms with Crippen molar-refractivity contribution in [3.63, 3.8) is 0 Å². The third-order valence-corrected chi connectivity index (χ3v) is 3.06. The molecule has 2 unspecified atom stereocenters. The second-order valence-electron chi connectivity index (χ2n) is 4.27. The number of carbonyl (C=O) groups excluding carboxylic acids is 2. The van der Waals surface area contributed by atoms with E-state index in [1.54, 1.807) is 13.0 Å². The van der Waals surface area contributed by atoms with Crippen molar-refractivity contribution in [1.82, 2.24) is 10.2 Å². The zero-order chi connectivity index (χ0) is 14.5. The van der Waals surface area contributed by atoms with Gasteiger partial charge < -0.3 is 0 Å². The Morgan fingerprint density at radius 2 is 2.40 bits per heavy atom. The summed E-state index contributed by atoms with van der Waals surface area (Å²) < 4.78 is 25.2. The molecule has 0 saturated carbocycles. The third kappa shape index (κ3) is 3.42. The molecule has 2 heterocycles.